The minimum Gasteiger partial charge on any atom is -0.352 e. The Morgan fingerprint density at radius 1 is 1.05 bits per heavy atom. The minimum atomic E-state index is -0.297. The number of halogens is 1. The van der Waals surface area contributed by atoms with Crippen LogP contribution in [0, 0.1) is 5.82 Å². The molecule has 2 rings (SSSR count). The van der Waals surface area contributed by atoms with Gasteiger partial charge in [-0.2, -0.15) is 0 Å². The smallest absolute Gasteiger partial charge is 0.224 e. The summed E-state index contributed by atoms with van der Waals surface area (Å²) in [4.78, 5) is 11.8. The molecule has 2 aromatic carbocycles. The molecule has 0 fully saturated rings. The van der Waals surface area contributed by atoms with Gasteiger partial charge in [-0.05, 0) is 28.8 Å². The van der Waals surface area contributed by atoms with Gasteiger partial charge in [0.25, 0.3) is 0 Å². The Hall–Kier alpha value is -2.20. The molecule has 2 aromatic rings. The van der Waals surface area contributed by atoms with Gasteiger partial charge in [0.15, 0.2) is 0 Å². The minimum absolute atomic E-state index is 0.0882. The van der Waals surface area contributed by atoms with Crippen molar-refractivity contribution in [3.63, 3.8) is 0 Å². The van der Waals surface area contributed by atoms with Crippen LogP contribution in [0.4, 0.5) is 4.39 Å². The topological polar surface area (TPSA) is 55.1 Å². The lowest BCUT2D eigenvalue weighted by atomic mass is 10.1. The zero-order valence-corrected chi connectivity index (χ0v) is 11.1. The highest BCUT2D eigenvalue weighted by Crippen LogP contribution is 2.06. The molecule has 104 valence electrons. The number of rotatable bonds is 5. The van der Waals surface area contributed by atoms with E-state index in [4.69, 9.17) is 5.73 Å². The molecule has 1 amide bonds. The van der Waals surface area contributed by atoms with Crippen LogP contribution in [0.25, 0.3) is 0 Å². The fourth-order valence-electron chi connectivity index (χ4n) is 1.89. The van der Waals surface area contributed by atoms with Gasteiger partial charge in [-0.15, -0.1) is 0 Å². The number of carbonyl (C=O) groups excluding carboxylic acids is 1. The van der Waals surface area contributed by atoms with E-state index in [-0.39, 0.29) is 11.7 Å². The van der Waals surface area contributed by atoms with Crippen LogP contribution in [0.3, 0.4) is 0 Å². The Labute approximate surface area is 117 Å². The first-order chi connectivity index (χ1) is 9.67. The highest BCUT2D eigenvalue weighted by atomic mass is 19.1. The van der Waals surface area contributed by atoms with Crippen molar-refractivity contribution in [1.82, 2.24) is 5.32 Å². The molecule has 0 atom stereocenters. The van der Waals surface area contributed by atoms with Crippen LogP contribution < -0.4 is 11.1 Å². The summed E-state index contributed by atoms with van der Waals surface area (Å²) in [7, 11) is 0. The standard InChI is InChI=1S/C16H17FN2O/c17-15-3-1-2-14(8-15)11-19-16(20)9-12-4-6-13(10-18)7-5-12/h1-8H,9-11,18H2,(H,19,20). The van der Waals surface area contributed by atoms with Crippen molar-refractivity contribution in [3.8, 4) is 0 Å². The summed E-state index contributed by atoms with van der Waals surface area (Å²) in [5.74, 6) is -0.385. The molecular weight excluding hydrogens is 255 g/mol. The van der Waals surface area contributed by atoms with E-state index in [9.17, 15) is 9.18 Å². The van der Waals surface area contributed by atoms with Gasteiger partial charge >= 0.3 is 0 Å². The van der Waals surface area contributed by atoms with Crippen LogP contribution in [-0.4, -0.2) is 5.91 Å². The lowest BCUT2D eigenvalue weighted by molar-refractivity contribution is -0.120. The fourth-order valence-corrected chi connectivity index (χ4v) is 1.89. The van der Waals surface area contributed by atoms with Crippen molar-refractivity contribution in [2.24, 2.45) is 5.73 Å². The maximum absolute atomic E-state index is 13.0. The molecule has 0 spiro atoms. The van der Waals surface area contributed by atoms with Crippen molar-refractivity contribution in [1.29, 1.82) is 0 Å². The summed E-state index contributed by atoms with van der Waals surface area (Å²) in [6, 6.07) is 13.8. The second kappa shape index (κ2) is 6.82. The summed E-state index contributed by atoms with van der Waals surface area (Å²) < 4.78 is 13.0. The van der Waals surface area contributed by atoms with Gasteiger partial charge in [0, 0.05) is 13.1 Å². The van der Waals surface area contributed by atoms with Crippen LogP contribution in [0.15, 0.2) is 48.5 Å². The van der Waals surface area contributed by atoms with E-state index in [1.54, 1.807) is 12.1 Å². The van der Waals surface area contributed by atoms with Crippen LogP contribution in [0.2, 0.25) is 0 Å². The lowest BCUT2D eigenvalue weighted by Crippen LogP contribution is -2.24. The maximum Gasteiger partial charge on any atom is 0.224 e. The molecule has 0 aliphatic heterocycles. The SMILES string of the molecule is NCc1ccc(CC(=O)NCc2cccc(F)c2)cc1. The highest BCUT2D eigenvalue weighted by molar-refractivity contribution is 5.78. The molecule has 0 saturated carbocycles. The largest absolute Gasteiger partial charge is 0.352 e. The summed E-state index contributed by atoms with van der Waals surface area (Å²) in [6.45, 7) is 0.823. The van der Waals surface area contributed by atoms with Crippen molar-refractivity contribution in [2.45, 2.75) is 19.5 Å². The fraction of sp³-hybridized carbons (Fsp3) is 0.188. The first kappa shape index (κ1) is 14.2. The third-order valence-corrected chi connectivity index (χ3v) is 3.00. The van der Waals surface area contributed by atoms with Crippen molar-refractivity contribution >= 4 is 5.91 Å². The highest BCUT2D eigenvalue weighted by Gasteiger charge is 2.04. The Morgan fingerprint density at radius 2 is 1.75 bits per heavy atom. The van der Waals surface area contributed by atoms with Crippen molar-refractivity contribution < 1.29 is 9.18 Å². The number of carbonyl (C=O) groups is 1. The van der Waals surface area contributed by atoms with E-state index >= 15 is 0 Å². The Bertz CT molecular complexity index is 581. The Balaban J connectivity index is 1.85. The molecule has 4 heteroatoms. The third-order valence-electron chi connectivity index (χ3n) is 3.00. The average molecular weight is 272 g/mol. The molecule has 0 heterocycles. The lowest BCUT2D eigenvalue weighted by Gasteiger charge is -2.06. The van der Waals surface area contributed by atoms with E-state index in [1.807, 2.05) is 24.3 Å². The van der Waals surface area contributed by atoms with E-state index < -0.39 is 0 Å². The van der Waals surface area contributed by atoms with Gasteiger partial charge in [0.2, 0.25) is 5.91 Å². The third kappa shape index (κ3) is 4.17. The number of amides is 1. The second-order valence-electron chi connectivity index (χ2n) is 4.60. The summed E-state index contributed by atoms with van der Waals surface area (Å²) >= 11 is 0. The molecule has 0 bridgehead atoms. The van der Waals surface area contributed by atoms with Crippen molar-refractivity contribution in [3.05, 3.63) is 71.0 Å². The molecule has 0 radical (unpaired) electrons. The zero-order valence-electron chi connectivity index (χ0n) is 11.1. The van der Waals surface area contributed by atoms with Gasteiger partial charge in [-0.3, -0.25) is 4.79 Å². The molecule has 0 saturated heterocycles. The van der Waals surface area contributed by atoms with E-state index in [1.165, 1.54) is 12.1 Å². The number of nitrogens with one attached hydrogen (secondary N) is 1. The van der Waals surface area contributed by atoms with E-state index in [2.05, 4.69) is 5.32 Å². The van der Waals surface area contributed by atoms with Gasteiger partial charge in [-0.1, -0.05) is 36.4 Å². The second-order valence-corrected chi connectivity index (χ2v) is 4.60. The van der Waals surface area contributed by atoms with Crippen LogP contribution in [0.5, 0.6) is 0 Å². The number of hydrogen-bond donors (Lipinski definition) is 2. The Morgan fingerprint density at radius 3 is 2.40 bits per heavy atom. The number of hydrogen-bond acceptors (Lipinski definition) is 2. The van der Waals surface area contributed by atoms with E-state index in [0.717, 1.165) is 16.7 Å². The molecule has 20 heavy (non-hydrogen) atoms. The van der Waals surface area contributed by atoms with Crippen LogP contribution in [0.1, 0.15) is 16.7 Å². The normalized spacial score (nSPS) is 10.3. The molecule has 0 aliphatic carbocycles. The zero-order chi connectivity index (χ0) is 14.4. The molecule has 0 unspecified atom stereocenters. The molecule has 0 aromatic heterocycles. The predicted octanol–water partition coefficient (Wildman–Crippen LogP) is 2.14. The molecule has 3 nitrogen and oxygen atoms in total. The van der Waals surface area contributed by atoms with Gasteiger partial charge in [0.1, 0.15) is 5.82 Å². The number of benzene rings is 2. The Kier molecular flexibility index (Phi) is 4.85. The molecule has 3 N–H and O–H groups in total. The van der Waals surface area contributed by atoms with Gasteiger partial charge < -0.3 is 11.1 Å². The monoisotopic (exact) mass is 272 g/mol. The quantitative estimate of drug-likeness (QED) is 0.876. The van der Waals surface area contributed by atoms with Gasteiger partial charge in [0.05, 0.1) is 6.42 Å². The van der Waals surface area contributed by atoms with Crippen LogP contribution in [-0.2, 0) is 24.3 Å². The summed E-state index contributed by atoms with van der Waals surface area (Å²) in [5, 5.41) is 2.77. The van der Waals surface area contributed by atoms with E-state index in [0.29, 0.717) is 19.5 Å². The average Bonchev–Trinajstić information content (AvgIpc) is 2.46. The molecular formula is C16H17FN2O. The summed E-state index contributed by atoms with van der Waals surface area (Å²) in [5.41, 5.74) is 8.23. The number of nitrogens with two attached hydrogens (primary N) is 1. The summed E-state index contributed by atoms with van der Waals surface area (Å²) in [6.07, 6.45) is 0.306. The first-order valence-electron chi connectivity index (χ1n) is 6.46. The predicted molar refractivity (Wildman–Crippen MR) is 76.3 cm³/mol. The van der Waals surface area contributed by atoms with Crippen molar-refractivity contribution in [2.75, 3.05) is 0 Å². The maximum atomic E-state index is 13.0. The first-order valence-corrected chi connectivity index (χ1v) is 6.46. The van der Waals surface area contributed by atoms with Gasteiger partial charge in [-0.25, -0.2) is 4.39 Å². The van der Waals surface area contributed by atoms with Crippen LogP contribution >= 0.6 is 0 Å². The molecule has 0 aliphatic rings.